The maximum absolute atomic E-state index is 4.65. The standard InChI is InChI=1S/C37H26N2/c1-25-19-21-39-35(22-25)28-8-6-9-29(23-28)37-33-13-4-2-11-31(33)36(32-12-3-5-14-34(32)37)27-17-15-26(16-18-27)30-10-7-20-38-24-30/h2-24H,1H3. The zero-order chi connectivity index (χ0) is 26.2. The summed E-state index contributed by atoms with van der Waals surface area (Å²) in [5.41, 5.74) is 10.5. The lowest BCUT2D eigenvalue weighted by atomic mass is 9.85. The van der Waals surface area contributed by atoms with Gasteiger partial charge < -0.3 is 0 Å². The van der Waals surface area contributed by atoms with Gasteiger partial charge in [-0.3, -0.25) is 9.97 Å². The first-order chi connectivity index (χ1) is 19.3. The third kappa shape index (κ3) is 4.17. The highest BCUT2D eigenvalue weighted by Gasteiger charge is 2.17. The molecule has 0 bridgehead atoms. The quantitative estimate of drug-likeness (QED) is 0.226. The summed E-state index contributed by atoms with van der Waals surface area (Å²) < 4.78 is 0. The molecule has 2 heteroatoms. The zero-order valence-corrected chi connectivity index (χ0v) is 21.7. The third-order valence-electron chi connectivity index (χ3n) is 7.46. The van der Waals surface area contributed by atoms with E-state index in [0.29, 0.717) is 0 Å². The fourth-order valence-corrected chi connectivity index (χ4v) is 5.64. The van der Waals surface area contributed by atoms with Crippen LogP contribution in [0.3, 0.4) is 0 Å². The zero-order valence-electron chi connectivity index (χ0n) is 21.7. The average Bonchev–Trinajstić information content (AvgIpc) is 3.00. The van der Waals surface area contributed by atoms with Crippen molar-refractivity contribution in [3.63, 3.8) is 0 Å². The summed E-state index contributed by atoms with van der Waals surface area (Å²) in [4.78, 5) is 8.94. The Morgan fingerprint density at radius 3 is 1.64 bits per heavy atom. The lowest BCUT2D eigenvalue weighted by molar-refractivity contribution is 1.29. The van der Waals surface area contributed by atoms with Crippen LogP contribution >= 0.6 is 0 Å². The fourth-order valence-electron chi connectivity index (χ4n) is 5.64. The van der Waals surface area contributed by atoms with Crippen molar-refractivity contribution in [2.75, 3.05) is 0 Å². The molecule has 5 aromatic carbocycles. The van der Waals surface area contributed by atoms with Gasteiger partial charge >= 0.3 is 0 Å². The Morgan fingerprint density at radius 2 is 1.03 bits per heavy atom. The highest BCUT2D eigenvalue weighted by Crippen LogP contribution is 2.44. The van der Waals surface area contributed by atoms with E-state index in [4.69, 9.17) is 0 Å². The summed E-state index contributed by atoms with van der Waals surface area (Å²) in [6, 6.07) is 43.5. The minimum atomic E-state index is 0.996. The van der Waals surface area contributed by atoms with Gasteiger partial charge in [-0.25, -0.2) is 0 Å². The van der Waals surface area contributed by atoms with Crippen LogP contribution in [-0.4, -0.2) is 9.97 Å². The second-order valence-corrected chi connectivity index (χ2v) is 9.96. The van der Waals surface area contributed by atoms with Crippen LogP contribution in [-0.2, 0) is 0 Å². The first kappa shape index (κ1) is 23.1. The summed E-state index contributed by atoms with van der Waals surface area (Å²) >= 11 is 0. The highest BCUT2D eigenvalue weighted by atomic mass is 14.7. The lowest BCUT2D eigenvalue weighted by Crippen LogP contribution is -1.92. The number of hydrogen-bond acceptors (Lipinski definition) is 2. The van der Waals surface area contributed by atoms with Gasteiger partial charge in [0, 0.05) is 24.2 Å². The predicted octanol–water partition coefficient (Wildman–Crippen LogP) is 9.76. The van der Waals surface area contributed by atoms with Gasteiger partial charge in [0.1, 0.15) is 0 Å². The van der Waals surface area contributed by atoms with Crippen LogP contribution in [0.15, 0.2) is 140 Å². The second kappa shape index (κ2) is 9.66. The van der Waals surface area contributed by atoms with Crippen LogP contribution in [0.5, 0.6) is 0 Å². The molecule has 0 spiro atoms. The number of nitrogens with zero attached hydrogens (tertiary/aromatic N) is 2. The molecule has 2 heterocycles. The molecule has 0 N–H and O–H groups in total. The first-order valence-corrected chi connectivity index (χ1v) is 13.2. The molecule has 7 rings (SSSR count). The number of benzene rings is 5. The van der Waals surface area contributed by atoms with E-state index in [1.54, 1.807) is 0 Å². The molecule has 0 fully saturated rings. The Kier molecular flexibility index (Phi) is 5.71. The van der Waals surface area contributed by atoms with Crippen LogP contribution in [0.4, 0.5) is 0 Å². The molecule has 0 unspecified atom stereocenters. The SMILES string of the molecule is Cc1ccnc(-c2cccc(-c3c4ccccc4c(-c4ccc(-c5cccnc5)cc4)c4ccccc34)c2)c1. The Labute approximate surface area is 228 Å². The lowest BCUT2D eigenvalue weighted by Gasteiger charge is -2.18. The summed E-state index contributed by atoms with van der Waals surface area (Å²) in [5, 5.41) is 4.99. The molecule has 0 saturated heterocycles. The molecule has 0 saturated carbocycles. The predicted molar refractivity (Wildman–Crippen MR) is 164 cm³/mol. The molecule has 0 atom stereocenters. The molecule has 2 nitrogen and oxygen atoms in total. The van der Waals surface area contributed by atoms with E-state index in [1.807, 2.05) is 30.7 Å². The molecule has 7 aromatic rings. The summed E-state index contributed by atoms with van der Waals surface area (Å²) in [6.45, 7) is 2.11. The van der Waals surface area contributed by atoms with Gasteiger partial charge in [0.05, 0.1) is 5.69 Å². The van der Waals surface area contributed by atoms with E-state index in [-0.39, 0.29) is 0 Å². The van der Waals surface area contributed by atoms with Crippen molar-refractivity contribution in [2.45, 2.75) is 6.92 Å². The van der Waals surface area contributed by atoms with Gasteiger partial charge in [-0.05, 0) is 91.7 Å². The van der Waals surface area contributed by atoms with Crippen LogP contribution in [0.25, 0.3) is 66.2 Å². The molecule has 0 radical (unpaired) electrons. The average molecular weight is 499 g/mol. The van der Waals surface area contributed by atoms with Crippen molar-refractivity contribution in [1.82, 2.24) is 9.97 Å². The number of rotatable bonds is 4. The Bertz CT molecular complexity index is 1900. The highest BCUT2D eigenvalue weighted by molar-refractivity contribution is 6.21. The monoisotopic (exact) mass is 498 g/mol. The molecule has 2 aromatic heterocycles. The molecule has 0 amide bonds. The van der Waals surface area contributed by atoms with Crippen LogP contribution in [0.2, 0.25) is 0 Å². The number of aromatic nitrogens is 2. The molecule has 0 aliphatic carbocycles. The first-order valence-electron chi connectivity index (χ1n) is 13.2. The number of hydrogen-bond donors (Lipinski definition) is 0. The van der Waals surface area contributed by atoms with E-state index in [0.717, 1.165) is 16.8 Å². The van der Waals surface area contributed by atoms with Crippen LogP contribution in [0, 0.1) is 6.92 Å². The third-order valence-corrected chi connectivity index (χ3v) is 7.46. The van der Waals surface area contributed by atoms with Gasteiger partial charge in [-0.1, -0.05) is 97.1 Å². The van der Waals surface area contributed by atoms with E-state index in [2.05, 4.69) is 126 Å². The second-order valence-electron chi connectivity index (χ2n) is 9.96. The van der Waals surface area contributed by atoms with Crippen molar-refractivity contribution in [2.24, 2.45) is 0 Å². The van der Waals surface area contributed by atoms with E-state index in [9.17, 15) is 0 Å². The van der Waals surface area contributed by atoms with Crippen molar-refractivity contribution < 1.29 is 0 Å². The molecular formula is C37H26N2. The summed E-state index contributed by atoms with van der Waals surface area (Å²) in [6.07, 6.45) is 5.61. The van der Waals surface area contributed by atoms with Crippen molar-refractivity contribution >= 4 is 21.5 Å². The van der Waals surface area contributed by atoms with Gasteiger partial charge in [-0.2, -0.15) is 0 Å². The van der Waals surface area contributed by atoms with Crippen molar-refractivity contribution in [3.05, 3.63) is 145 Å². The summed E-state index contributed by atoms with van der Waals surface area (Å²) in [5.74, 6) is 0. The fraction of sp³-hybridized carbons (Fsp3) is 0.0270. The van der Waals surface area contributed by atoms with Gasteiger partial charge in [0.25, 0.3) is 0 Å². The van der Waals surface area contributed by atoms with E-state index < -0.39 is 0 Å². The minimum absolute atomic E-state index is 0.996. The molecule has 184 valence electrons. The summed E-state index contributed by atoms with van der Waals surface area (Å²) in [7, 11) is 0. The van der Waals surface area contributed by atoms with E-state index >= 15 is 0 Å². The van der Waals surface area contributed by atoms with Gasteiger partial charge in [0.2, 0.25) is 0 Å². The molecule has 0 aliphatic heterocycles. The molecular weight excluding hydrogens is 472 g/mol. The Hall–Kier alpha value is -5.08. The maximum atomic E-state index is 4.65. The normalized spacial score (nSPS) is 11.2. The van der Waals surface area contributed by atoms with Crippen molar-refractivity contribution in [1.29, 1.82) is 0 Å². The van der Waals surface area contributed by atoms with Gasteiger partial charge in [-0.15, -0.1) is 0 Å². The van der Waals surface area contributed by atoms with Crippen LogP contribution in [0.1, 0.15) is 5.56 Å². The van der Waals surface area contributed by atoms with Crippen molar-refractivity contribution in [3.8, 4) is 44.6 Å². The number of pyridine rings is 2. The Morgan fingerprint density at radius 1 is 0.436 bits per heavy atom. The Balaban J connectivity index is 1.46. The molecule has 39 heavy (non-hydrogen) atoms. The maximum Gasteiger partial charge on any atom is 0.0704 e. The number of aryl methyl sites for hydroxylation is 1. The minimum Gasteiger partial charge on any atom is -0.264 e. The number of fused-ring (bicyclic) bond motifs is 2. The molecule has 0 aliphatic rings. The van der Waals surface area contributed by atoms with Crippen LogP contribution < -0.4 is 0 Å². The van der Waals surface area contributed by atoms with E-state index in [1.165, 1.54) is 54.9 Å². The topological polar surface area (TPSA) is 25.8 Å². The largest absolute Gasteiger partial charge is 0.264 e. The smallest absolute Gasteiger partial charge is 0.0704 e. The van der Waals surface area contributed by atoms with Gasteiger partial charge in [0.15, 0.2) is 0 Å².